The van der Waals surface area contributed by atoms with Crippen LogP contribution in [0.2, 0.25) is 0 Å². The largest absolute Gasteiger partial charge is 0.391 e. The normalized spacial score (nSPS) is 15.4. The molecule has 0 spiro atoms. The van der Waals surface area contributed by atoms with Crippen LogP contribution in [0, 0.1) is 5.92 Å². The summed E-state index contributed by atoms with van der Waals surface area (Å²) in [5.41, 5.74) is 3.78. The van der Waals surface area contributed by atoms with Gasteiger partial charge >= 0.3 is 6.18 Å². The number of benzene rings is 2. The first-order valence-corrected chi connectivity index (χ1v) is 9.33. The van der Waals surface area contributed by atoms with Crippen molar-refractivity contribution >= 4 is 23.0 Å². The van der Waals surface area contributed by atoms with E-state index < -0.39 is 12.1 Å². The highest BCUT2D eigenvalue weighted by atomic mass is 19.4. The minimum atomic E-state index is -4.09. The first-order chi connectivity index (χ1) is 13.3. The van der Waals surface area contributed by atoms with Crippen molar-refractivity contribution in [2.45, 2.75) is 32.5 Å². The SMILES string of the molecule is CC(=O)NCc1ccc(Nc2ccc(N3CCC(C(F)(F)F)CC3)cc2)cc1. The van der Waals surface area contributed by atoms with Crippen LogP contribution in [-0.4, -0.2) is 25.2 Å². The summed E-state index contributed by atoms with van der Waals surface area (Å²) in [4.78, 5) is 13.0. The summed E-state index contributed by atoms with van der Waals surface area (Å²) < 4.78 is 38.4. The van der Waals surface area contributed by atoms with E-state index >= 15 is 0 Å². The average molecular weight is 391 g/mol. The van der Waals surface area contributed by atoms with Crippen LogP contribution < -0.4 is 15.5 Å². The molecule has 2 N–H and O–H groups in total. The van der Waals surface area contributed by atoms with E-state index in [1.165, 1.54) is 6.92 Å². The molecular weight excluding hydrogens is 367 g/mol. The van der Waals surface area contributed by atoms with Gasteiger partial charge in [0.15, 0.2) is 0 Å². The number of anilines is 3. The van der Waals surface area contributed by atoms with E-state index in [0.717, 1.165) is 22.6 Å². The van der Waals surface area contributed by atoms with E-state index in [0.29, 0.717) is 19.6 Å². The van der Waals surface area contributed by atoms with Gasteiger partial charge in [-0.2, -0.15) is 13.2 Å². The smallest absolute Gasteiger partial charge is 0.372 e. The second-order valence-electron chi connectivity index (χ2n) is 7.08. The predicted octanol–water partition coefficient (Wildman–Crippen LogP) is 4.85. The van der Waals surface area contributed by atoms with Gasteiger partial charge in [-0.15, -0.1) is 0 Å². The zero-order valence-corrected chi connectivity index (χ0v) is 15.7. The van der Waals surface area contributed by atoms with Gasteiger partial charge in [-0.05, 0) is 54.8 Å². The fraction of sp³-hybridized carbons (Fsp3) is 0.381. The molecule has 0 unspecified atom stereocenters. The fourth-order valence-corrected chi connectivity index (χ4v) is 3.32. The molecule has 1 saturated heterocycles. The third kappa shape index (κ3) is 5.41. The van der Waals surface area contributed by atoms with Crippen LogP contribution in [0.4, 0.5) is 30.2 Å². The molecule has 0 aromatic heterocycles. The number of carbonyl (C=O) groups is 1. The van der Waals surface area contributed by atoms with Crippen LogP contribution in [0.25, 0.3) is 0 Å². The van der Waals surface area contributed by atoms with Gasteiger partial charge < -0.3 is 15.5 Å². The van der Waals surface area contributed by atoms with E-state index in [4.69, 9.17) is 0 Å². The molecule has 1 amide bonds. The van der Waals surface area contributed by atoms with E-state index in [1.54, 1.807) is 0 Å². The quantitative estimate of drug-likeness (QED) is 0.766. The topological polar surface area (TPSA) is 44.4 Å². The standard InChI is InChI=1S/C21H24F3N3O/c1-15(28)25-14-16-2-4-18(5-3-16)26-19-6-8-20(9-7-19)27-12-10-17(11-13-27)21(22,23)24/h2-9,17,26H,10-14H2,1H3,(H,25,28). The number of nitrogens with one attached hydrogen (secondary N) is 2. The first-order valence-electron chi connectivity index (χ1n) is 9.33. The van der Waals surface area contributed by atoms with Crippen LogP contribution >= 0.6 is 0 Å². The lowest BCUT2D eigenvalue weighted by atomic mass is 9.96. The summed E-state index contributed by atoms with van der Waals surface area (Å²) in [5.74, 6) is -1.25. The Morgan fingerprint density at radius 1 is 1.00 bits per heavy atom. The molecule has 4 nitrogen and oxygen atoms in total. The Hall–Kier alpha value is -2.70. The molecule has 1 heterocycles. The van der Waals surface area contributed by atoms with E-state index in [1.807, 2.05) is 53.4 Å². The van der Waals surface area contributed by atoms with Gasteiger partial charge in [0, 0.05) is 43.6 Å². The van der Waals surface area contributed by atoms with Crippen molar-refractivity contribution < 1.29 is 18.0 Å². The molecule has 0 atom stereocenters. The second-order valence-corrected chi connectivity index (χ2v) is 7.08. The lowest BCUT2D eigenvalue weighted by Crippen LogP contribution is -2.38. The Bertz CT molecular complexity index is 780. The Balaban J connectivity index is 1.54. The number of piperidine rings is 1. The number of halogens is 3. The lowest BCUT2D eigenvalue weighted by Gasteiger charge is -2.34. The van der Waals surface area contributed by atoms with Crippen LogP contribution in [0.5, 0.6) is 0 Å². The van der Waals surface area contributed by atoms with E-state index in [2.05, 4.69) is 10.6 Å². The van der Waals surface area contributed by atoms with Gasteiger partial charge in [-0.3, -0.25) is 4.79 Å². The molecule has 7 heteroatoms. The average Bonchev–Trinajstić information content (AvgIpc) is 2.67. The van der Waals surface area contributed by atoms with Crippen molar-refractivity contribution in [1.82, 2.24) is 5.32 Å². The van der Waals surface area contributed by atoms with Gasteiger partial charge in [0.25, 0.3) is 0 Å². The zero-order valence-electron chi connectivity index (χ0n) is 15.7. The van der Waals surface area contributed by atoms with Gasteiger partial charge in [0.2, 0.25) is 5.91 Å². The maximum Gasteiger partial charge on any atom is 0.391 e. The van der Waals surface area contributed by atoms with Gasteiger partial charge in [0.1, 0.15) is 0 Å². The molecular formula is C21H24F3N3O. The van der Waals surface area contributed by atoms with Crippen molar-refractivity contribution in [1.29, 1.82) is 0 Å². The number of carbonyl (C=O) groups excluding carboxylic acids is 1. The number of alkyl halides is 3. The summed E-state index contributed by atoms with van der Waals surface area (Å²) in [6, 6.07) is 15.5. The summed E-state index contributed by atoms with van der Waals surface area (Å²) >= 11 is 0. The Morgan fingerprint density at radius 3 is 2.04 bits per heavy atom. The number of hydrogen-bond donors (Lipinski definition) is 2. The van der Waals surface area contributed by atoms with Crippen molar-refractivity contribution in [2.75, 3.05) is 23.3 Å². The summed E-state index contributed by atoms with van der Waals surface area (Å²) in [5, 5.41) is 6.05. The minimum absolute atomic E-state index is 0.0649. The van der Waals surface area contributed by atoms with Crippen LogP contribution in [0.3, 0.4) is 0 Å². The number of hydrogen-bond acceptors (Lipinski definition) is 3. The van der Waals surface area contributed by atoms with Gasteiger partial charge in [0.05, 0.1) is 5.92 Å². The Kier molecular flexibility index (Phi) is 6.11. The number of amides is 1. The third-order valence-corrected chi connectivity index (χ3v) is 4.97. The molecule has 3 rings (SSSR count). The molecule has 150 valence electrons. The second kappa shape index (κ2) is 8.54. The minimum Gasteiger partial charge on any atom is -0.372 e. The summed E-state index contributed by atoms with van der Waals surface area (Å²) in [7, 11) is 0. The van der Waals surface area contributed by atoms with Crippen molar-refractivity contribution in [3.8, 4) is 0 Å². The maximum atomic E-state index is 12.8. The molecule has 2 aromatic rings. The van der Waals surface area contributed by atoms with Crippen LogP contribution in [-0.2, 0) is 11.3 Å². The highest BCUT2D eigenvalue weighted by Crippen LogP contribution is 2.35. The maximum absolute atomic E-state index is 12.8. The molecule has 0 aliphatic carbocycles. The summed E-state index contributed by atoms with van der Waals surface area (Å²) in [6.07, 6.45) is -3.79. The molecule has 1 aliphatic rings. The number of rotatable bonds is 5. The Labute approximate surface area is 162 Å². The van der Waals surface area contributed by atoms with Crippen molar-refractivity contribution in [3.63, 3.8) is 0 Å². The number of nitrogens with zero attached hydrogens (tertiary/aromatic N) is 1. The Morgan fingerprint density at radius 2 is 1.54 bits per heavy atom. The van der Waals surface area contributed by atoms with Crippen LogP contribution in [0.15, 0.2) is 48.5 Å². The molecule has 0 saturated carbocycles. The van der Waals surface area contributed by atoms with E-state index in [-0.39, 0.29) is 18.7 Å². The highest BCUT2D eigenvalue weighted by Gasteiger charge is 2.41. The van der Waals surface area contributed by atoms with Gasteiger partial charge in [-0.25, -0.2) is 0 Å². The summed E-state index contributed by atoms with van der Waals surface area (Å²) in [6.45, 7) is 2.83. The lowest BCUT2D eigenvalue weighted by molar-refractivity contribution is -0.179. The van der Waals surface area contributed by atoms with Gasteiger partial charge in [-0.1, -0.05) is 12.1 Å². The zero-order chi connectivity index (χ0) is 20.1. The van der Waals surface area contributed by atoms with Crippen LogP contribution in [0.1, 0.15) is 25.3 Å². The predicted molar refractivity (Wildman–Crippen MR) is 105 cm³/mol. The molecule has 28 heavy (non-hydrogen) atoms. The monoisotopic (exact) mass is 391 g/mol. The third-order valence-electron chi connectivity index (χ3n) is 4.97. The molecule has 1 fully saturated rings. The van der Waals surface area contributed by atoms with E-state index in [9.17, 15) is 18.0 Å². The first kappa shape index (κ1) is 20.0. The fourth-order valence-electron chi connectivity index (χ4n) is 3.32. The molecule has 2 aromatic carbocycles. The molecule has 0 radical (unpaired) electrons. The molecule has 1 aliphatic heterocycles. The van der Waals surface area contributed by atoms with Crippen molar-refractivity contribution in [3.05, 3.63) is 54.1 Å². The molecule has 0 bridgehead atoms. The van der Waals surface area contributed by atoms with Crippen molar-refractivity contribution in [2.24, 2.45) is 5.92 Å². The highest BCUT2D eigenvalue weighted by molar-refractivity contribution is 5.72.